The lowest BCUT2D eigenvalue weighted by atomic mass is 9.98. The molecule has 7 nitrogen and oxygen atoms in total. The Hall–Kier alpha value is -1.63. The van der Waals surface area contributed by atoms with Crippen LogP contribution in [0.25, 0.3) is 10.4 Å². The van der Waals surface area contributed by atoms with Gasteiger partial charge in [0.15, 0.2) is 12.6 Å². The van der Waals surface area contributed by atoms with E-state index in [0.29, 0.717) is 13.0 Å². The lowest BCUT2D eigenvalue weighted by molar-refractivity contribution is -0.317. The van der Waals surface area contributed by atoms with Crippen molar-refractivity contribution in [1.29, 1.82) is 0 Å². The van der Waals surface area contributed by atoms with Crippen LogP contribution in [-0.2, 0) is 18.9 Å². The minimum absolute atomic E-state index is 0.292. The fourth-order valence-electron chi connectivity index (χ4n) is 2.70. The number of hydrogen-bond acceptors (Lipinski definition) is 5. The molecular weight excluding hydrogens is 274 g/mol. The molecule has 0 N–H and O–H groups in total. The van der Waals surface area contributed by atoms with E-state index in [2.05, 4.69) is 10.0 Å². The summed E-state index contributed by atoms with van der Waals surface area (Å²) in [7, 11) is 1.56. The highest BCUT2D eigenvalue weighted by Gasteiger charge is 2.44. The maximum atomic E-state index is 8.74. The SMILES string of the molecule is CO[C@@H]1C[C@@H](N=[N+]=[N-])[C@@H]2O[C@H](c3ccccc3)OC[C@H]2O1. The first-order valence-electron chi connectivity index (χ1n) is 6.86. The second-order valence-electron chi connectivity index (χ2n) is 5.02. The molecule has 1 aromatic carbocycles. The molecule has 2 fully saturated rings. The molecule has 0 aromatic heterocycles. The van der Waals surface area contributed by atoms with E-state index in [1.807, 2.05) is 30.3 Å². The van der Waals surface area contributed by atoms with Crippen LogP contribution in [0.3, 0.4) is 0 Å². The second-order valence-corrected chi connectivity index (χ2v) is 5.02. The molecule has 2 aliphatic rings. The smallest absolute Gasteiger partial charge is 0.184 e. The number of hydrogen-bond donors (Lipinski definition) is 0. The van der Waals surface area contributed by atoms with Gasteiger partial charge in [-0.1, -0.05) is 35.4 Å². The highest BCUT2D eigenvalue weighted by Crippen LogP contribution is 2.35. The van der Waals surface area contributed by atoms with Crippen LogP contribution in [0.4, 0.5) is 0 Å². The van der Waals surface area contributed by atoms with Gasteiger partial charge < -0.3 is 18.9 Å². The number of methoxy groups -OCH3 is 1. The van der Waals surface area contributed by atoms with Gasteiger partial charge in [-0.2, -0.15) is 0 Å². The van der Waals surface area contributed by atoms with Gasteiger partial charge >= 0.3 is 0 Å². The average Bonchev–Trinajstić information content (AvgIpc) is 2.55. The van der Waals surface area contributed by atoms with E-state index in [4.69, 9.17) is 24.5 Å². The molecule has 0 radical (unpaired) electrons. The van der Waals surface area contributed by atoms with Crippen molar-refractivity contribution in [1.82, 2.24) is 0 Å². The van der Waals surface area contributed by atoms with E-state index in [1.165, 1.54) is 0 Å². The normalized spacial score (nSPS) is 35.6. The topological polar surface area (TPSA) is 85.7 Å². The van der Waals surface area contributed by atoms with Crippen molar-refractivity contribution in [2.24, 2.45) is 5.11 Å². The zero-order valence-electron chi connectivity index (χ0n) is 11.7. The average molecular weight is 291 g/mol. The zero-order valence-corrected chi connectivity index (χ0v) is 11.7. The largest absolute Gasteiger partial charge is 0.356 e. The van der Waals surface area contributed by atoms with Crippen LogP contribution < -0.4 is 0 Å². The summed E-state index contributed by atoms with van der Waals surface area (Å²) in [5.74, 6) is 0. The monoisotopic (exact) mass is 291 g/mol. The van der Waals surface area contributed by atoms with Gasteiger partial charge in [0.05, 0.1) is 18.8 Å². The maximum Gasteiger partial charge on any atom is 0.184 e. The molecule has 1 aromatic rings. The van der Waals surface area contributed by atoms with Gasteiger partial charge in [-0.05, 0) is 5.53 Å². The van der Waals surface area contributed by atoms with Crippen LogP contribution in [0.1, 0.15) is 18.3 Å². The third-order valence-electron chi connectivity index (χ3n) is 3.73. The molecule has 2 heterocycles. The van der Waals surface area contributed by atoms with Crippen LogP contribution in [-0.4, -0.2) is 38.3 Å². The summed E-state index contributed by atoms with van der Waals surface area (Å²) in [6.07, 6.45) is -1.01. The summed E-state index contributed by atoms with van der Waals surface area (Å²) in [5, 5.41) is 3.83. The van der Waals surface area contributed by atoms with Crippen LogP contribution in [0, 0.1) is 0 Å². The molecule has 0 unspecified atom stereocenters. The molecule has 0 bridgehead atoms. The first-order chi connectivity index (χ1) is 10.3. The van der Waals surface area contributed by atoms with Crippen LogP contribution in [0.5, 0.6) is 0 Å². The highest BCUT2D eigenvalue weighted by atomic mass is 16.7. The van der Waals surface area contributed by atoms with Crippen LogP contribution >= 0.6 is 0 Å². The Morgan fingerprint density at radius 3 is 2.81 bits per heavy atom. The number of rotatable bonds is 3. The lowest BCUT2D eigenvalue weighted by Gasteiger charge is -2.44. The summed E-state index contributed by atoms with van der Waals surface area (Å²) in [6.45, 7) is 0.377. The molecule has 7 heteroatoms. The molecule has 0 spiro atoms. The molecule has 5 atom stereocenters. The molecule has 21 heavy (non-hydrogen) atoms. The van der Waals surface area contributed by atoms with E-state index in [-0.39, 0.29) is 18.2 Å². The van der Waals surface area contributed by atoms with Crippen LogP contribution in [0.15, 0.2) is 35.4 Å². The fourth-order valence-corrected chi connectivity index (χ4v) is 2.70. The van der Waals surface area contributed by atoms with Crippen molar-refractivity contribution in [2.75, 3.05) is 13.7 Å². The minimum atomic E-state index is -0.466. The molecule has 0 amide bonds. The fraction of sp³-hybridized carbons (Fsp3) is 0.571. The van der Waals surface area contributed by atoms with Gasteiger partial charge in [0.2, 0.25) is 0 Å². The lowest BCUT2D eigenvalue weighted by Crippen LogP contribution is -2.54. The van der Waals surface area contributed by atoms with E-state index >= 15 is 0 Å². The van der Waals surface area contributed by atoms with E-state index < -0.39 is 12.6 Å². The van der Waals surface area contributed by atoms with Crippen molar-refractivity contribution in [2.45, 2.75) is 37.3 Å². The van der Waals surface area contributed by atoms with Gasteiger partial charge in [0.1, 0.15) is 6.10 Å². The zero-order chi connectivity index (χ0) is 14.7. The number of ether oxygens (including phenoxy) is 4. The Labute approximate surface area is 122 Å². The van der Waals surface area contributed by atoms with Gasteiger partial charge in [0.25, 0.3) is 0 Å². The van der Waals surface area contributed by atoms with Crippen LogP contribution in [0.2, 0.25) is 0 Å². The van der Waals surface area contributed by atoms with E-state index in [0.717, 1.165) is 5.56 Å². The Kier molecular flexibility index (Phi) is 4.38. The third-order valence-corrected chi connectivity index (χ3v) is 3.73. The molecule has 2 aliphatic heterocycles. The molecular formula is C14H17N3O4. The first kappa shape index (κ1) is 14.3. The predicted molar refractivity (Wildman–Crippen MR) is 73.2 cm³/mol. The summed E-state index contributed by atoms with van der Waals surface area (Å²) < 4.78 is 22.6. The van der Waals surface area contributed by atoms with E-state index in [1.54, 1.807) is 7.11 Å². The summed E-state index contributed by atoms with van der Waals surface area (Å²) in [4.78, 5) is 2.91. The molecule has 0 saturated carbocycles. The summed E-state index contributed by atoms with van der Waals surface area (Å²) in [6, 6.07) is 9.35. The standard InChI is InChI=1S/C14H17N3O4/c1-18-12-7-10(16-17-15)13-11(20-12)8-19-14(21-13)9-5-3-2-4-6-9/h2-6,10-14H,7-8H2,1H3/t10-,11-,12+,13+,14-/m1/s1. The molecule has 0 aliphatic carbocycles. The third kappa shape index (κ3) is 3.02. The number of azide groups is 1. The predicted octanol–water partition coefficient (Wildman–Crippen LogP) is 2.54. The number of benzene rings is 1. The van der Waals surface area contributed by atoms with Crippen molar-refractivity contribution < 1.29 is 18.9 Å². The van der Waals surface area contributed by atoms with Crippen molar-refractivity contribution in [3.63, 3.8) is 0 Å². The quantitative estimate of drug-likeness (QED) is 0.486. The highest BCUT2D eigenvalue weighted by molar-refractivity contribution is 5.16. The van der Waals surface area contributed by atoms with Gasteiger partial charge in [-0.3, -0.25) is 0 Å². The Balaban J connectivity index is 1.77. The number of nitrogens with zero attached hydrogens (tertiary/aromatic N) is 3. The first-order valence-corrected chi connectivity index (χ1v) is 6.86. The Bertz CT molecular complexity index is 520. The Morgan fingerprint density at radius 2 is 2.10 bits per heavy atom. The molecule has 3 rings (SSSR count). The van der Waals surface area contributed by atoms with Crippen molar-refractivity contribution in [3.8, 4) is 0 Å². The second kappa shape index (κ2) is 6.43. The van der Waals surface area contributed by atoms with Crippen molar-refractivity contribution >= 4 is 0 Å². The maximum absolute atomic E-state index is 8.74. The van der Waals surface area contributed by atoms with E-state index in [9.17, 15) is 0 Å². The minimum Gasteiger partial charge on any atom is -0.356 e. The van der Waals surface area contributed by atoms with Gasteiger partial charge in [-0.15, -0.1) is 0 Å². The molecule has 2 saturated heterocycles. The Morgan fingerprint density at radius 1 is 1.29 bits per heavy atom. The summed E-state index contributed by atoms with van der Waals surface area (Å²) >= 11 is 0. The summed E-state index contributed by atoms with van der Waals surface area (Å²) in [5.41, 5.74) is 9.68. The van der Waals surface area contributed by atoms with Crippen molar-refractivity contribution in [3.05, 3.63) is 46.3 Å². The van der Waals surface area contributed by atoms with Gasteiger partial charge in [-0.25, -0.2) is 0 Å². The molecule has 112 valence electrons. The van der Waals surface area contributed by atoms with Gasteiger partial charge in [0, 0.05) is 24.0 Å². The number of fused-ring (bicyclic) bond motifs is 1.